The molecule has 3 saturated heterocycles. The van der Waals surface area contributed by atoms with Gasteiger partial charge in [0.1, 0.15) is 28.9 Å². The van der Waals surface area contributed by atoms with Gasteiger partial charge in [-0.25, -0.2) is 28.7 Å². The summed E-state index contributed by atoms with van der Waals surface area (Å²) in [7, 11) is 0. The van der Waals surface area contributed by atoms with Crippen LogP contribution in [0.25, 0.3) is 22.3 Å². The number of amides is 6. The van der Waals surface area contributed by atoms with Gasteiger partial charge < -0.3 is 29.5 Å². The summed E-state index contributed by atoms with van der Waals surface area (Å²) < 4.78 is 32.1. The molecule has 3 aromatic heterocycles. The highest BCUT2D eigenvalue weighted by Gasteiger charge is 2.46. The number of nitrogens with zero attached hydrogens (tertiary/aromatic N) is 10. The second-order valence-corrected chi connectivity index (χ2v) is 16.5. The average molecular weight is 887 g/mol. The maximum atomic E-state index is 15.2. The van der Waals surface area contributed by atoms with Crippen LogP contribution < -0.4 is 20.4 Å². The maximum absolute atomic E-state index is 15.2. The monoisotopic (exact) mass is 886 g/mol. The standard InChI is InChI=1S/C45H44F2N12O6/c1-25(2)58-26(3)50-41-30(46)21-27(22-34(41)58)40-31(47)24-49-45(53-40)51-35-9-7-28(23-48-35)54-13-17-56(18-14-54)37(61)11-12-38(62)57-19-15-55(16-20-57)32-6-4-5-29-39(32)44(65)59(43(29)64)33-8-10-36(60)52-42(33)63/h4-7,9,11-12,21-25,33H,8,10,13-20H2,1-3H3,(H,52,60,63)(H,48,49,51,53)/b12-11+. The van der Waals surface area contributed by atoms with Gasteiger partial charge in [0.15, 0.2) is 11.6 Å². The third kappa shape index (κ3) is 8.10. The Bertz CT molecular complexity index is 2810. The number of carbonyl (C=O) groups excluding carboxylic acids is 6. The summed E-state index contributed by atoms with van der Waals surface area (Å²) in [6.07, 6.45) is 5.33. The van der Waals surface area contributed by atoms with Crippen LogP contribution in [0.1, 0.15) is 59.3 Å². The fourth-order valence-electron chi connectivity index (χ4n) is 8.92. The highest BCUT2D eigenvalue weighted by molar-refractivity contribution is 6.25. The molecule has 4 aliphatic heterocycles. The Morgan fingerprint density at radius 1 is 0.815 bits per heavy atom. The van der Waals surface area contributed by atoms with E-state index >= 15 is 8.78 Å². The first-order valence-corrected chi connectivity index (χ1v) is 21.3. The zero-order valence-corrected chi connectivity index (χ0v) is 35.8. The van der Waals surface area contributed by atoms with Gasteiger partial charge >= 0.3 is 0 Å². The van der Waals surface area contributed by atoms with E-state index in [1.165, 1.54) is 18.2 Å². The molecule has 5 aromatic rings. The van der Waals surface area contributed by atoms with E-state index in [4.69, 9.17) is 0 Å². The number of pyridine rings is 1. The fourth-order valence-corrected chi connectivity index (χ4v) is 8.92. The Balaban J connectivity index is 0.761. The number of rotatable bonds is 9. The molecular formula is C45H44F2N12O6. The average Bonchev–Trinajstić information content (AvgIpc) is 3.78. The van der Waals surface area contributed by atoms with Gasteiger partial charge in [0.2, 0.25) is 29.6 Å². The zero-order chi connectivity index (χ0) is 45.7. The first kappa shape index (κ1) is 42.7. The van der Waals surface area contributed by atoms with Gasteiger partial charge in [-0.1, -0.05) is 6.07 Å². The van der Waals surface area contributed by atoms with E-state index in [0.29, 0.717) is 75.2 Å². The molecule has 20 heteroatoms. The Hall–Kier alpha value is -7.64. The molecule has 3 fully saturated rings. The van der Waals surface area contributed by atoms with Crippen LogP contribution in [0, 0.1) is 18.6 Å². The molecule has 1 unspecified atom stereocenters. The number of aromatic nitrogens is 5. The molecule has 0 saturated carbocycles. The molecule has 9 rings (SSSR count). The van der Waals surface area contributed by atoms with E-state index in [1.807, 2.05) is 29.4 Å². The van der Waals surface area contributed by atoms with E-state index in [1.54, 1.807) is 53.3 Å². The lowest BCUT2D eigenvalue weighted by molar-refractivity contribution is -0.136. The largest absolute Gasteiger partial charge is 0.367 e. The van der Waals surface area contributed by atoms with Gasteiger partial charge in [-0.3, -0.25) is 39.0 Å². The Morgan fingerprint density at radius 3 is 2.15 bits per heavy atom. The lowest BCUT2D eigenvalue weighted by Crippen LogP contribution is -2.54. The number of piperidine rings is 1. The van der Waals surface area contributed by atoms with Crippen LogP contribution in [0.15, 0.2) is 67.0 Å². The number of nitrogens with one attached hydrogen (secondary N) is 2. The Kier molecular flexibility index (Phi) is 11.3. The maximum Gasteiger partial charge on any atom is 0.264 e. The van der Waals surface area contributed by atoms with Crippen LogP contribution in [0.5, 0.6) is 0 Å². The molecular weight excluding hydrogens is 843 g/mol. The number of benzene rings is 2. The summed E-state index contributed by atoms with van der Waals surface area (Å²) in [5, 5.41) is 5.20. The van der Waals surface area contributed by atoms with Crippen molar-refractivity contribution in [1.82, 2.24) is 44.5 Å². The topological polar surface area (TPSA) is 199 Å². The summed E-state index contributed by atoms with van der Waals surface area (Å²) in [4.78, 5) is 103. The van der Waals surface area contributed by atoms with Crippen molar-refractivity contribution < 1.29 is 37.5 Å². The minimum atomic E-state index is -1.07. The fraction of sp³-hybridized carbons (Fsp3) is 0.333. The lowest BCUT2D eigenvalue weighted by atomic mass is 10.0. The van der Waals surface area contributed by atoms with Crippen molar-refractivity contribution >= 4 is 69.6 Å². The van der Waals surface area contributed by atoms with Gasteiger partial charge in [-0.05, 0) is 63.6 Å². The number of anilines is 4. The van der Waals surface area contributed by atoms with Gasteiger partial charge in [0.05, 0.1) is 40.4 Å². The number of piperazine rings is 2. The summed E-state index contributed by atoms with van der Waals surface area (Å²) in [5.74, 6) is -3.09. The zero-order valence-electron chi connectivity index (χ0n) is 35.8. The van der Waals surface area contributed by atoms with Crippen LogP contribution in [0.2, 0.25) is 0 Å². The molecule has 0 spiro atoms. The summed E-state index contributed by atoms with van der Waals surface area (Å²) in [5.41, 5.74) is 2.64. The van der Waals surface area contributed by atoms with Crippen LogP contribution in [0.4, 0.5) is 31.9 Å². The number of fused-ring (bicyclic) bond motifs is 2. The van der Waals surface area contributed by atoms with Crippen molar-refractivity contribution in [3.63, 3.8) is 0 Å². The number of hydrogen-bond donors (Lipinski definition) is 2. The first-order valence-electron chi connectivity index (χ1n) is 21.3. The SMILES string of the molecule is Cc1nc2c(F)cc(-c3nc(Nc4ccc(N5CCN(C(=O)/C=C/C(=O)N6CCN(c7cccc8c7C(=O)N(C7CCC(=O)NC7=O)C8=O)CC6)CC5)cn4)ncc3F)cc2n1C(C)C. The minimum Gasteiger partial charge on any atom is -0.367 e. The van der Waals surface area contributed by atoms with Crippen molar-refractivity contribution in [3.8, 4) is 11.3 Å². The molecule has 7 heterocycles. The molecule has 334 valence electrons. The molecule has 2 aromatic carbocycles. The van der Waals surface area contributed by atoms with Crippen LogP contribution in [-0.2, 0) is 19.2 Å². The van der Waals surface area contributed by atoms with E-state index in [2.05, 4.69) is 35.5 Å². The second-order valence-electron chi connectivity index (χ2n) is 16.5. The molecule has 0 aliphatic carbocycles. The number of halogens is 2. The number of imidazole rings is 1. The smallest absolute Gasteiger partial charge is 0.264 e. The van der Waals surface area contributed by atoms with Crippen LogP contribution in [0.3, 0.4) is 0 Å². The molecule has 65 heavy (non-hydrogen) atoms. The number of imide groups is 2. The van der Waals surface area contributed by atoms with Gasteiger partial charge in [-0.2, -0.15) is 0 Å². The molecule has 6 amide bonds. The molecule has 2 N–H and O–H groups in total. The van der Waals surface area contributed by atoms with Gasteiger partial charge in [0.25, 0.3) is 11.8 Å². The van der Waals surface area contributed by atoms with Crippen LogP contribution >= 0.6 is 0 Å². The van der Waals surface area contributed by atoms with Crippen molar-refractivity contribution in [2.45, 2.75) is 45.7 Å². The molecule has 0 bridgehead atoms. The van der Waals surface area contributed by atoms with Crippen molar-refractivity contribution in [2.75, 3.05) is 67.5 Å². The lowest BCUT2D eigenvalue weighted by Gasteiger charge is -2.36. The van der Waals surface area contributed by atoms with E-state index in [0.717, 1.165) is 16.8 Å². The van der Waals surface area contributed by atoms with Gasteiger partial charge in [0, 0.05) is 82.5 Å². The highest BCUT2D eigenvalue weighted by Crippen LogP contribution is 2.35. The predicted molar refractivity (Wildman–Crippen MR) is 233 cm³/mol. The Labute approximate surface area is 370 Å². The minimum absolute atomic E-state index is 0.00587. The second kappa shape index (κ2) is 17.1. The van der Waals surface area contributed by atoms with Crippen molar-refractivity contribution in [1.29, 1.82) is 0 Å². The normalized spacial score (nSPS) is 18.1. The van der Waals surface area contributed by atoms with Crippen LogP contribution in [-0.4, -0.2) is 133 Å². The first-order chi connectivity index (χ1) is 31.2. The molecule has 1 atom stereocenters. The van der Waals surface area contributed by atoms with Crippen molar-refractivity contribution in [3.05, 3.63) is 95.6 Å². The highest BCUT2D eigenvalue weighted by atomic mass is 19.1. The predicted octanol–water partition coefficient (Wildman–Crippen LogP) is 3.75. The van der Waals surface area contributed by atoms with E-state index in [9.17, 15) is 28.8 Å². The number of carbonyl (C=O) groups is 6. The quantitative estimate of drug-likeness (QED) is 0.160. The number of hydrogen-bond acceptors (Lipinski definition) is 13. The summed E-state index contributed by atoms with van der Waals surface area (Å²) >= 11 is 0. The molecule has 0 radical (unpaired) electrons. The Morgan fingerprint density at radius 2 is 1.51 bits per heavy atom. The van der Waals surface area contributed by atoms with Crippen molar-refractivity contribution in [2.24, 2.45) is 0 Å². The van der Waals surface area contributed by atoms with E-state index < -0.39 is 41.3 Å². The summed E-state index contributed by atoms with van der Waals surface area (Å²) in [6.45, 7) is 8.93. The summed E-state index contributed by atoms with van der Waals surface area (Å²) in [6, 6.07) is 10.4. The van der Waals surface area contributed by atoms with E-state index in [-0.39, 0.29) is 64.5 Å². The third-order valence-electron chi connectivity index (χ3n) is 12.1. The molecule has 18 nitrogen and oxygen atoms in total. The molecule has 4 aliphatic rings. The number of aryl methyl sites for hydroxylation is 1. The third-order valence-corrected chi connectivity index (χ3v) is 12.1. The van der Waals surface area contributed by atoms with Gasteiger partial charge in [-0.15, -0.1) is 0 Å².